The Labute approximate surface area is 131 Å². The van der Waals surface area contributed by atoms with E-state index in [0.29, 0.717) is 6.54 Å². The Balaban J connectivity index is 1.83. The van der Waals surface area contributed by atoms with Gasteiger partial charge >= 0.3 is 0 Å². The van der Waals surface area contributed by atoms with Crippen molar-refractivity contribution in [2.24, 2.45) is 0 Å². The van der Waals surface area contributed by atoms with Gasteiger partial charge in [0.05, 0.1) is 0 Å². The van der Waals surface area contributed by atoms with Gasteiger partial charge in [-0.25, -0.2) is 0 Å². The van der Waals surface area contributed by atoms with Crippen LogP contribution in [0.5, 0.6) is 0 Å². The molecule has 4 heteroatoms. The molecule has 0 bridgehead atoms. The molecule has 0 atom stereocenters. The Hall–Kier alpha value is -1.91. The number of rotatable bonds is 3. The lowest BCUT2D eigenvalue weighted by Crippen LogP contribution is -2.57. The monoisotopic (exact) mass is 297 g/mol. The fraction of sp³-hybridized carbons (Fsp3) is 0.389. The Kier molecular flexibility index (Phi) is 4.14. The number of piperazine rings is 1. The molecule has 1 aliphatic rings. The minimum Gasteiger partial charge on any atom is -0.361 e. The highest BCUT2D eigenvalue weighted by atomic mass is 16.1. The number of aromatic nitrogens is 1. The minimum absolute atomic E-state index is 0.0722. The van der Waals surface area contributed by atoms with Gasteiger partial charge in [-0.1, -0.05) is 30.3 Å². The largest absolute Gasteiger partial charge is 0.361 e. The maximum absolute atomic E-state index is 12.4. The first-order valence-electron chi connectivity index (χ1n) is 7.79. The molecule has 1 aromatic carbocycles. The van der Waals surface area contributed by atoms with Crippen LogP contribution in [-0.4, -0.2) is 35.1 Å². The van der Waals surface area contributed by atoms with E-state index in [1.165, 1.54) is 0 Å². The molecular weight excluding hydrogens is 274 g/mol. The number of pyridine rings is 1. The average Bonchev–Trinajstić information content (AvgIpc) is 2.52. The first kappa shape index (κ1) is 15.0. The van der Waals surface area contributed by atoms with Crippen molar-refractivity contribution >= 4 is 0 Å². The van der Waals surface area contributed by atoms with E-state index in [2.05, 4.69) is 29.0 Å². The third-order valence-corrected chi connectivity index (χ3v) is 4.41. The van der Waals surface area contributed by atoms with Crippen LogP contribution < -0.4 is 10.7 Å². The molecule has 0 amide bonds. The van der Waals surface area contributed by atoms with Crippen molar-refractivity contribution in [2.75, 3.05) is 19.6 Å². The van der Waals surface area contributed by atoms with Crippen LogP contribution in [0, 0.1) is 0 Å². The van der Waals surface area contributed by atoms with Crippen molar-refractivity contribution in [3.63, 3.8) is 0 Å². The third-order valence-electron chi connectivity index (χ3n) is 4.41. The quantitative estimate of drug-likeness (QED) is 0.913. The molecule has 22 heavy (non-hydrogen) atoms. The van der Waals surface area contributed by atoms with E-state index in [9.17, 15) is 4.79 Å². The van der Waals surface area contributed by atoms with E-state index in [4.69, 9.17) is 0 Å². The highest BCUT2D eigenvalue weighted by Crippen LogP contribution is 2.19. The molecule has 116 valence electrons. The SMILES string of the molecule is CC1(C)CNCCN1Cc1c[nH]c(-c2ccccc2)cc1=O. The molecule has 4 nitrogen and oxygen atoms in total. The zero-order chi connectivity index (χ0) is 15.6. The summed E-state index contributed by atoms with van der Waals surface area (Å²) in [7, 11) is 0. The van der Waals surface area contributed by atoms with Gasteiger partial charge in [0.1, 0.15) is 0 Å². The Morgan fingerprint density at radius 2 is 2.00 bits per heavy atom. The molecule has 0 saturated carbocycles. The van der Waals surface area contributed by atoms with Crippen LogP contribution in [0.2, 0.25) is 0 Å². The molecule has 0 aliphatic carbocycles. The average molecular weight is 297 g/mol. The highest BCUT2D eigenvalue weighted by molar-refractivity contribution is 5.58. The second-order valence-corrected chi connectivity index (χ2v) is 6.51. The lowest BCUT2D eigenvalue weighted by molar-refractivity contribution is 0.0823. The molecule has 1 fully saturated rings. The number of aromatic amines is 1. The van der Waals surface area contributed by atoms with Gasteiger partial charge in [0.2, 0.25) is 0 Å². The summed E-state index contributed by atoms with van der Waals surface area (Å²) in [6.07, 6.45) is 1.86. The molecule has 2 heterocycles. The summed E-state index contributed by atoms with van der Waals surface area (Å²) in [6, 6.07) is 11.6. The van der Waals surface area contributed by atoms with Crippen molar-refractivity contribution in [3.8, 4) is 11.3 Å². The second kappa shape index (κ2) is 6.07. The first-order chi connectivity index (χ1) is 10.6. The Bertz CT molecular complexity index is 691. The fourth-order valence-electron chi connectivity index (χ4n) is 2.93. The molecule has 0 spiro atoms. The topological polar surface area (TPSA) is 48.1 Å². The number of nitrogens with zero attached hydrogens (tertiary/aromatic N) is 1. The van der Waals surface area contributed by atoms with E-state index in [1.54, 1.807) is 6.07 Å². The molecular formula is C18H23N3O. The summed E-state index contributed by atoms with van der Waals surface area (Å²) in [5.74, 6) is 0. The highest BCUT2D eigenvalue weighted by Gasteiger charge is 2.29. The second-order valence-electron chi connectivity index (χ2n) is 6.51. The van der Waals surface area contributed by atoms with E-state index in [1.807, 2.05) is 36.5 Å². The van der Waals surface area contributed by atoms with Crippen LogP contribution in [0.15, 0.2) is 47.4 Å². The van der Waals surface area contributed by atoms with Gasteiger partial charge < -0.3 is 10.3 Å². The molecule has 3 rings (SSSR count). The van der Waals surface area contributed by atoms with Crippen molar-refractivity contribution < 1.29 is 0 Å². The van der Waals surface area contributed by atoms with Gasteiger partial charge in [0, 0.05) is 55.2 Å². The van der Waals surface area contributed by atoms with Gasteiger partial charge in [-0.05, 0) is 19.4 Å². The van der Waals surface area contributed by atoms with Crippen LogP contribution in [0.4, 0.5) is 0 Å². The van der Waals surface area contributed by atoms with Crippen LogP contribution in [-0.2, 0) is 6.54 Å². The van der Waals surface area contributed by atoms with Gasteiger partial charge in [-0.15, -0.1) is 0 Å². The number of nitrogens with one attached hydrogen (secondary N) is 2. The van der Waals surface area contributed by atoms with Crippen molar-refractivity contribution in [1.82, 2.24) is 15.2 Å². The molecule has 2 aromatic rings. The number of benzene rings is 1. The Morgan fingerprint density at radius 1 is 1.23 bits per heavy atom. The summed E-state index contributed by atoms with van der Waals surface area (Å²) in [6.45, 7) is 8.01. The summed E-state index contributed by atoms with van der Waals surface area (Å²) >= 11 is 0. The van der Waals surface area contributed by atoms with E-state index < -0.39 is 0 Å². The van der Waals surface area contributed by atoms with Crippen molar-refractivity contribution in [1.29, 1.82) is 0 Å². The lowest BCUT2D eigenvalue weighted by Gasteiger charge is -2.42. The molecule has 0 unspecified atom stereocenters. The van der Waals surface area contributed by atoms with Crippen LogP contribution in [0.1, 0.15) is 19.4 Å². The molecule has 1 saturated heterocycles. The van der Waals surface area contributed by atoms with Crippen molar-refractivity contribution in [3.05, 3.63) is 58.4 Å². The van der Waals surface area contributed by atoms with E-state index in [-0.39, 0.29) is 11.0 Å². The zero-order valence-electron chi connectivity index (χ0n) is 13.2. The molecule has 0 radical (unpaired) electrons. The summed E-state index contributed by atoms with van der Waals surface area (Å²) in [4.78, 5) is 18.1. The number of hydrogen-bond acceptors (Lipinski definition) is 3. The molecule has 1 aliphatic heterocycles. The zero-order valence-corrected chi connectivity index (χ0v) is 13.2. The predicted octanol–water partition coefficient (Wildman–Crippen LogP) is 2.23. The third kappa shape index (κ3) is 3.13. The lowest BCUT2D eigenvalue weighted by atomic mass is 9.99. The standard InChI is InChI=1S/C18H23N3O/c1-18(2)13-19-8-9-21(18)12-15-11-20-16(10-17(15)22)14-6-4-3-5-7-14/h3-7,10-11,19H,8-9,12-13H2,1-2H3,(H,20,22). The summed E-state index contributed by atoms with van der Waals surface area (Å²) in [5, 5.41) is 3.41. The van der Waals surface area contributed by atoms with Gasteiger partial charge in [-0.2, -0.15) is 0 Å². The van der Waals surface area contributed by atoms with E-state index >= 15 is 0 Å². The smallest absolute Gasteiger partial charge is 0.186 e. The predicted molar refractivity (Wildman–Crippen MR) is 89.9 cm³/mol. The van der Waals surface area contributed by atoms with Gasteiger partial charge in [0.25, 0.3) is 0 Å². The normalized spacial score (nSPS) is 18.3. The number of hydrogen-bond donors (Lipinski definition) is 2. The van der Waals surface area contributed by atoms with E-state index in [0.717, 1.165) is 36.5 Å². The van der Waals surface area contributed by atoms with Gasteiger partial charge in [0.15, 0.2) is 5.43 Å². The summed E-state index contributed by atoms with van der Waals surface area (Å²) in [5.41, 5.74) is 2.91. The van der Waals surface area contributed by atoms with Gasteiger partial charge in [-0.3, -0.25) is 9.69 Å². The molecule has 1 aromatic heterocycles. The van der Waals surface area contributed by atoms with Crippen LogP contribution in [0.25, 0.3) is 11.3 Å². The minimum atomic E-state index is 0.0722. The first-order valence-corrected chi connectivity index (χ1v) is 7.79. The molecule has 2 N–H and O–H groups in total. The fourth-order valence-corrected chi connectivity index (χ4v) is 2.93. The maximum atomic E-state index is 12.4. The number of H-pyrrole nitrogens is 1. The summed E-state index contributed by atoms with van der Waals surface area (Å²) < 4.78 is 0. The Morgan fingerprint density at radius 3 is 2.68 bits per heavy atom. The maximum Gasteiger partial charge on any atom is 0.186 e. The van der Waals surface area contributed by atoms with Crippen LogP contribution >= 0.6 is 0 Å². The van der Waals surface area contributed by atoms with Crippen molar-refractivity contribution in [2.45, 2.75) is 25.9 Å². The van der Waals surface area contributed by atoms with Crippen LogP contribution in [0.3, 0.4) is 0 Å².